The molecular weight excluding hydrogens is 162 g/mol. The van der Waals surface area contributed by atoms with Crippen LogP contribution in [-0.4, -0.2) is 19.0 Å². The summed E-state index contributed by atoms with van der Waals surface area (Å²) < 4.78 is 0. The van der Waals surface area contributed by atoms with Crippen LogP contribution in [0.2, 0.25) is 0 Å². The minimum atomic E-state index is 0.530. The monoisotopic (exact) mass is 183 g/mol. The van der Waals surface area contributed by atoms with Crippen molar-refractivity contribution in [2.45, 2.75) is 39.2 Å². The molecule has 2 atom stereocenters. The second-order valence-corrected chi connectivity index (χ2v) is 4.37. The first-order valence-corrected chi connectivity index (χ1v) is 5.10. The molecule has 2 unspecified atom stereocenters. The Morgan fingerprint density at radius 1 is 1.23 bits per heavy atom. The Morgan fingerprint density at radius 3 is 2.23 bits per heavy atom. The minimum Gasteiger partial charge on any atom is -0.370 e. The molecular formula is C10H21N3. The maximum atomic E-state index is 5.63. The average molecular weight is 183 g/mol. The third-order valence-electron chi connectivity index (χ3n) is 2.77. The first-order chi connectivity index (χ1) is 6.11. The van der Waals surface area contributed by atoms with Crippen molar-refractivity contribution in [3.63, 3.8) is 0 Å². The maximum absolute atomic E-state index is 5.63. The highest BCUT2D eigenvalue weighted by Crippen LogP contribution is 2.28. The summed E-state index contributed by atoms with van der Waals surface area (Å²) in [6.45, 7) is 4.62. The number of nitrogens with two attached hydrogens (primary N) is 1. The van der Waals surface area contributed by atoms with Gasteiger partial charge in [-0.2, -0.15) is 0 Å². The van der Waals surface area contributed by atoms with Gasteiger partial charge >= 0.3 is 0 Å². The highest BCUT2D eigenvalue weighted by atomic mass is 15.1. The molecule has 3 N–H and O–H groups in total. The van der Waals surface area contributed by atoms with Crippen molar-refractivity contribution in [3.05, 3.63) is 0 Å². The molecule has 1 rings (SSSR count). The van der Waals surface area contributed by atoms with E-state index in [9.17, 15) is 0 Å². The molecule has 13 heavy (non-hydrogen) atoms. The second-order valence-electron chi connectivity index (χ2n) is 4.37. The van der Waals surface area contributed by atoms with Crippen LogP contribution in [0.1, 0.15) is 33.1 Å². The standard InChI is InChI=1S/C10H21N3/c1-7-4-8(2)6-9(5-7)13-10(11)12-3/h7-9H,4-6H2,1-3H3,(H3,11,12,13). The molecule has 0 bridgehead atoms. The molecule has 1 saturated carbocycles. The normalized spacial score (nSPS) is 35.9. The predicted molar refractivity (Wildman–Crippen MR) is 56.6 cm³/mol. The van der Waals surface area contributed by atoms with E-state index in [-0.39, 0.29) is 0 Å². The summed E-state index contributed by atoms with van der Waals surface area (Å²) in [5, 5.41) is 3.26. The van der Waals surface area contributed by atoms with E-state index in [1.54, 1.807) is 7.05 Å². The van der Waals surface area contributed by atoms with Crippen LogP contribution in [0, 0.1) is 11.8 Å². The van der Waals surface area contributed by atoms with Crippen molar-refractivity contribution in [1.29, 1.82) is 0 Å². The summed E-state index contributed by atoms with van der Waals surface area (Å²) in [6.07, 6.45) is 3.79. The van der Waals surface area contributed by atoms with E-state index in [2.05, 4.69) is 24.2 Å². The van der Waals surface area contributed by atoms with Crippen molar-refractivity contribution >= 4 is 5.96 Å². The first kappa shape index (κ1) is 10.4. The minimum absolute atomic E-state index is 0.530. The molecule has 0 aromatic heterocycles. The summed E-state index contributed by atoms with van der Waals surface area (Å²) in [7, 11) is 1.72. The molecule has 0 aromatic carbocycles. The van der Waals surface area contributed by atoms with Gasteiger partial charge in [-0.3, -0.25) is 4.99 Å². The zero-order chi connectivity index (χ0) is 9.84. The smallest absolute Gasteiger partial charge is 0.188 e. The predicted octanol–water partition coefficient (Wildman–Crippen LogP) is 1.35. The summed E-state index contributed by atoms with van der Waals surface area (Å²) in [6, 6.07) is 0.530. The Bertz CT molecular complexity index is 179. The van der Waals surface area contributed by atoms with Gasteiger partial charge in [0.1, 0.15) is 0 Å². The molecule has 0 aromatic rings. The third-order valence-corrected chi connectivity index (χ3v) is 2.77. The molecule has 0 amide bonds. The molecule has 0 radical (unpaired) electrons. The van der Waals surface area contributed by atoms with E-state index < -0.39 is 0 Å². The molecule has 76 valence electrons. The summed E-state index contributed by atoms with van der Waals surface area (Å²) in [5.41, 5.74) is 5.63. The fraction of sp³-hybridized carbons (Fsp3) is 0.900. The van der Waals surface area contributed by atoms with Gasteiger partial charge in [-0.15, -0.1) is 0 Å². The van der Waals surface area contributed by atoms with Gasteiger partial charge in [-0.25, -0.2) is 0 Å². The van der Waals surface area contributed by atoms with Gasteiger partial charge in [0, 0.05) is 13.1 Å². The van der Waals surface area contributed by atoms with Gasteiger partial charge < -0.3 is 11.1 Å². The molecule has 0 heterocycles. The lowest BCUT2D eigenvalue weighted by Gasteiger charge is -2.32. The number of hydrogen-bond donors (Lipinski definition) is 2. The summed E-state index contributed by atoms with van der Waals surface area (Å²) in [4.78, 5) is 3.92. The zero-order valence-electron chi connectivity index (χ0n) is 8.88. The van der Waals surface area contributed by atoms with Gasteiger partial charge in [0.15, 0.2) is 5.96 Å². The van der Waals surface area contributed by atoms with E-state index in [0.717, 1.165) is 11.8 Å². The van der Waals surface area contributed by atoms with Crippen LogP contribution < -0.4 is 11.1 Å². The van der Waals surface area contributed by atoms with E-state index in [0.29, 0.717) is 12.0 Å². The van der Waals surface area contributed by atoms with Gasteiger partial charge in [-0.1, -0.05) is 13.8 Å². The Labute approximate surface area is 80.8 Å². The Morgan fingerprint density at radius 2 is 1.77 bits per heavy atom. The summed E-state index contributed by atoms with van der Waals surface area (Å²) in [5.74, 6) is 2.20. The molecule has 1 aliphatic rings. The Kier molecular flexibility index (Phi) is 3.58. The van der Waals surface area contributed by atoms with Crippen LogP contribution >= 0.6 is 0 Å². The quantitative estimate of drug-likeness (QED) is 0.476. The number of guanidine groups is 1. The van der Waals surface area contributed by atoms with Crippen molar-refractivity contribution in [1.82, 2.24) is 5.32 Å². The zero-order valence-corrected chi connectivity index (χ0v) is 8.88. The van der Waals surface area contributed by atoms with Crippen molar-refractivity contribution in [2.75, 3.05) is 7.05 Å². The molecule has 1 fully saturated rings. The first-order valence-electron chi connectivity index (χ1n) is 5.10. The lowest BCUT2D eigenvalue weighted by molar-refractivity contribution is 0.256. The van der Waals surface area contributed by atoms with Crippen LogP contribution in [0.25, 0.3) is 0 Å². The van der Waals surface area contributed by atoms with E-state index in [4.69, 9.17) is 5.73 Å². The topological polar surface area (TPSA) is 50.4 Å². The summed E-state index contributed by atoms with van der Waals surface area (Å²) >= 11 is 0. The Balaban J connectivity index is 2.41. The number of nitrogens with zero attached hydrogens (tertiary/aromatic N) is 1. The molecule has 0 aliphatic heterocycles. The van der Waals surface area contributed by atoms with E-state index in [1.165, 1.54) is 19.3 Å². The fourth-order valence-corrected chi connectivity index (χ4v) is 2.34. The number of rotatable bonds is 1. The number of hydrogen-bond acceptors (Lipinski definition) is 1. The number of nitrogens with one attached hydrogen (secondary N) is 1. The van der Waals surface area contributed by atoms with Crippen LogP contribution in [0.15, 0.2) is 4.99 Å². The van der Waals surface area contributed by atoms with E-state index in [1.807, 2.05) is 0 Å². The Hall–Kier alpha value is -0.730. The molecule has 0 saturated heterocycles. The highest BCUT2D eigenvalue weighted by molar-refractivity contribution is 5.77. The van der Waals surface area contributed by atoms with Crippen molar-refractivity contribution in [3.8, 4) is 0 Å². The van der Waals surface area contributed by atoms with Crippen LogP contribution in [0.5, 0.6) is 0 Å². The molecule has 1 aliphatic carbocycles. The van der Waals surface area contributed by atoms with Crippen molar-refractivity contribution < 1.29 is 0 Å². The lowest BCUT2D eigenvalue weighted by Crippen LogP contribution is -2.43. The molecule has 0 spiro atoms. The number of aliphatic imine (C=N–C) groups is 1. The highest BCUT2D eigenvalue weighted by Gasteiger charge is 2.23. The van der Waals surface area contributed by atoms with Crippen LogP contribution in [0.4, 0.5) is 0 Å². The fourth-order valence-electron chi connectivity index (χ4n) is 2.34. The van der Waals surface area contributed by atoms with Gasteiger partial charge in [0.05, 0.1) is 0 Å². The molecule has 3 nitrogen and oxygen atoms in total. The van der Waals surface area contributed by atoms with E-state index >= 15 is 0 Å². The van der Waals surface area contributed by atoms with Crippen molar-refractivity contribution in [2.24, 2.45) is 22.6 Å². The third kappa shape index (κ3) is 3.25. The SMILES string of the molecule is CN=C(N)NC1CC(C)CC(C)C1. The van der Waals surface area contributed by atoms with Gasteiger partial charge in [0.2, 0.25) is 0 Å². The van der Waals surface area contributed by atoms with Gasteiger partial charge in [0.25, 0.3) is 0 Å². The molecule has 3 heteroatoms. The maximum Gasteiger partial charge on any atom is 0.188 e. The van der Waals surface area contributed by atoms with Crippen LogP contribution in [0.3, 0.4) is 0 Å². The van der Waals surface area contributed by atoms with Gasteiger partial charge in [-0.05, 0) is 31.1 Å². The second kappa shape index (κ2) is 4.49. The van der Waals surface area contributed by atoms with Crippen LogP contribution in [-0.2, 0) is 0 Å². The lowest BCUT2D eigenvalue weighted by atomic mass is 9.80. The average Bonchev–Trinajstić information content (AvgIpc) is 2.02. The largest absolute Gasteiger partial charge is 0.370 e.